The number of allylic oxidation sites excluding steroid dienone is 3. The summed E-state index contributed by atoms with van der Waals surface area (Å²) in [6, 6.07) is 25.6. The standard InChI is InChI=1S/C25H29N3O3.C17H22N2O2.C9H9ClO.CH2Cl2/c1-16-13-17(2)15-19(14-16)24(30)28(22(11-12-26)25(4,5)6)27-23(29)20-9-8-10-21(31-7)18(20)3;1-12-14(7-6-8-15(12)21-5)16(20)19-11-13(9-10-18)17(2,3)4;1-6-3-7(2)5-8(4-6)9(10)11;2-1-3/h8-11,13-15H,1-7H3,(H,27,29);6-9H,11H2,1-5H3,(H,19,20);3-5H,1-2H3;1H2/b22-11+;13-9+;;. The molecule has 0 fully saturated rings. The molecule has 11 nitrogen and oxygen atoms in total. The monoisotopic (exact) mass is 957 g/mol. The molecule has 0 spiro atoms. The van der Waals surface area contributed by atoms with Crippen LogP contribution in [0.1, 0.15) is 116 Å². The minimum atomic E-state index is -0.582. The maximum absolute atomic E-state index is 13.5. The molecule has 0 aliphatic rings. The maximum atomic E-state index is 13.5. The first kappa shape index (κ1) is 57.9. The van der Waals surface area contributed by atoms with Crippen molar-refractivity contribution in [2.45, 2.75) is 83.1 Å². The summed E-state index contributed by atoms with van der Waals surface area (Å²) in [5, 5.41) is 22.0. The number of nitriles is 2. The van der Waals surface area contributed by atoms with E-state index in [1.807, 2.05) is 106 Å². The van der Waals surface area contributed by atoms with Crippen LogP contribution in [0.5, 0.6) is 11.5 Å². The second-order valence-electron chi connectivity index (χ2n) is 17.1. The number of alkyl halides is 2. The van der Waals surface area contributed by atoms with E-state index in [2.05, 4.69) is 10.7 Å². The molecule has 0 saturated carbocycles. The largest absolute Gasteiger partial charge is 0.496 e. The molecule has 0 saturated heterocycles. The van der Waals surface area contributed by atoms with Crippen LogP contribution in [0, 0.1) is 75.0 Å². The van der Waals surface area contributed by atoms with Gasteiger partial charge >= 0.3 is 0 Å². The van der Waals surface area contributed by atoms with Gasteiger partial charge in [-0.15, -0.1) is 23.2 Å². The summed E-state index contributed by atoms with van der Waals surface area (Å²) in [7, 11) is 3.12. The number of aryl methyl sites for hydroxylation is 4. The first-order valence-electron chi connectivity index (χ1n) is 20.7. The average Bonchev–Trinajstić information content (AvgIpc) is 3.22. The van der Waals surface area contributed by atoms with Gasteiger partial charge in [-0.2, -0.15) is 10.5 Å². The fraction of sp³-hybridized carbons (Fsp3) is 0.346. The van der Waals surface area contributed by atoms with Gasteiger partial charge in [-0.05, 0) is 113 Å². The van der Waals surface area contributed by atoms with Gasteiger partial charge < -0.3 is 14.8 Å². The van der Waals surface area contributed by atoms with Crippen molar-refractivity contribution in [1.82, 2.24) is 15.8 Å². The van der Waals surface area contributed by atoms with E-state index in [9.17, 15) is 24.4 Å². The molecule has 0 atom stereocenters. The fourth-order valence-corrected chi connectivity index (χ4v) is 6.53. The van der Waals surface area contributed by atoms with Crippen molar-refractivity contribution in [2.24, 2.45) is 10.8 Å². The molecule has 66 heavy (non-hydrogen) atoms. The van der Waals surface area contributed by atoms with Crippen LogP contribution >= 0.6 is 34.8 Å². The van der Waals surface area contributed by atoms with Crippen LogP contribution in [0.4, 0.5) is 0 Å². The van der Waals surface area contributed by atoms with Crippen molar-refractivity contribution < 1.29 is 28.7 Å². The lowest BCUT2D eigenvalue weighted by Gasteiger charge is -2.33. The Balaban J connectivity index is 0.000000532. The van der Waals surface area contributed by atoms with Crippen LogP contribution in [0.25, 0.3) is 0 Å². The third-order valence-corrected chi connectivity index (χ3v) is 9.90. The van der Waals surface area contributed by atoms with E-state index < -0.39 is 22.5 Å². The third kappa shape index (κ3) is 18.4. The lowest BCUT2D eigenvalue weighted by Crippen LogP contribution is -2.48. The van der Waals surface area contributed by atoms with E-state index in [0.717, 1.165) is 33.4 Å². The zero-order valence-corrected chi connectivity index (χ0v) is 42.7. The Labute approximate surface area is 406 Å². The summed E-state index contributed by atoms with van der Waals surface area (Å²) < 4.78 is 10.5. The normalized spacial score (nSPS) is 11.0. The maximum Gasteiger partial charge on any atom is 0.276 e. The van der Waals surface area contributed by atoms with E-state index in [1.165, 1.54) is 24.3 Å². The Morgan fingerprint density at radius 2 is 1.06 bits per heavy atom. The van der Waals surface area contributed by atoms with Crippen LogP contribution in [0.3, 0.4) is 0 Å². The molecule has 0 aliphatic carbocycles. The highest BCUT2D eigenvalue weighted by atomic mass is 35.5. The summed E-state index contributed by atoms with van der Waals surface area (Å²) in [5.41, 5.74) is 10.7. The molecule has 0 aromatic heterocycles. The highest BCUT2D eigenvalue weighted by Gasteiger charge is 2.31. The number of nitrogens with zero attached hydrogens (tertiary/aromatic N) is 3. The third-order valence-electron chi connectivity index (χ3n) is 9.68. The van der Waals surface area contributed by atoms with E-state index in [1.54, 1.807) is 68.6 Å². The highest BCUT2D eigenvalue weighted by Crippen LogP contribution is 2.30. The number of ether oxygens (including phenoxy) is 2. The van der Waals surface area contributed by atoms with Gasteiger partial charge in [0.25, 0.3) is 23.0 Å². The van der Waals surface area contributed by atoms with E-state index in [4.69, 9.17) is 49.5 Å². The SMILES string of the molecule is COc1cccc(C(=O)NC/C(=C\C#N)C(C)(C)C)c1C.COc1cccc(C(=O)NN(C(=O)c2cc(C)cc(C)c2)/C(=C/C#N)C(C)(C)C)c1C.Cc1cc(C)cc(C(=O)Cl)c1.ClCCl. The Morgan fingerprint density at radius 1 is 0.652 bits per heavy atom. The molecule has 0 bridgehead atoms. The highest BCUT2D eigenvalue weighted by molar-refractivity contribution is 6.67. The summed E-state index contributed by atoms with van der Waals surface area (Å²) in [5.74, 6) is 0.202. The predicted octanol–water partition coefficient (Wildman–Crippen LogP) is 12.2. The molecule has 3 amide bonds. The van der Waals surface area contributed by atoms with Crippen molar-refractivity contribution >= 4 is 57.8 Å². The van der Waals surface area contributed by atoms with Gasteiger partial charge in [-0.1, -0.05) is 88.1 Å². The average molecular weight is 959 g/mol. The number of halogens is 3. The number of nitrogens with one attached hydrogen (secondary N) is 2. The fourth-order valence-electron chi connectivity index (χ4n) is 6.42. The summed E-state index contributed by atoms with van der Waals surface area (Å²) in [6.45, 7) is 23.3. The molecular formula is C52H62Cl3N5O6. The molecule has 4 rings (SSSR count). The van der Waals surface area contributed by atoms with Crippen LogP contribution in [0.2, 0.25) is 0 Å². The number of hydrogen-bond donors (Lipinski definition) is 2. The molecule has 2 N–H and O–H groups in total. The molecule has 0 radical (unpaired) electrons. The van der Waals surface area contributed by atoms with Crippen molar-refractivity contribution in [2.75, 3.05) is 26.1 Å². The van der Waals surface area contributed by atoms with Crippen molar-refractivity contribution in [3.63, 3.8) is 0 Å². The number of hydrazine groups is 1. The molecule has 0 unspecified atom stereocenters. The molecular weight excluding hydrogens is 897 g/mol. The minimum Gasteiger partial charge on any atom is -0.496 e. The number of rotatable bonds is 9. The topological polar surface area (TPSA) is 162 Å². The number of carbonyl (C=O) groups is 4. The van der Waals surface area contributed by atoms with Crippen molar-refractivity contribution in [3.05, 3.63) is 152 Å². The molecule has 14 heteroatoms. The van der Waals surface area contributed by atoms with Gasteiger partial charge in [0.05, 0.1) is 37.4 Å². The molecule has 4 aromatic rings. The van der Waals surface area contributed by atoms with Gasteiger partial charge in [0.15, 0.2) is 0 Å². The van der Waals surface area contributed by atoms with Gasteiger partial charge in [0, 0.05) is 57.5 Å². The lowest BCUT2D eigenvalue weighted by atomic mass is 9.86. The number of carbonyl (C=O) groups excluding carboxylic acids is 4. The molecule has 0 heterocycles. The molecule has 352 valence electrons. The van der Waals surface area contributed by atoms with Gasteiger partial charge in [-0.3, -0.25) is 24.6 Å². The van der Waals surface area contributed by atoms with Crippen LogP contribution in [-0.2, 0) is 0 Å². The van der Waals surface area contributed by atoms with Crippen LogP contribution in [-0.4, -0.2) is 54.1 Å². The minimum absolute atomic E-state index is 0.160. The Morgan fingerprint density at radius 3 is 1.42 bits per heavy atom. The summed E-state index contributed by atoms with van der Waals surface area (Å²) >= 11 is 14.8. The smallest absolute Gasteiger partial charge is 0.276 e. The second-order valence-corrected chi connectivity index (χ2v) is 18.3. The van der Waals surface area contributed by atoms with Gasteiger partial charge in [0.2, 0.25) is 0 Å². The number of methoxy groups -OCH3 is 2. The lowest BCUT2D eigenvalue weighted by molar-refractivity contribution is 0.0610. The number of amides is 3. The van der Waals surface area contributed by atoms with E-state index in [0.29, 0.717) is 51.6 Å². The zero-order valence-electron chi connectivity index (χ0n) is 40.4. The quantitative estimate of drug-likeness (QED) is 0.0725. The predicted molar refractivity (Wildman–Crippen MR) is 266 cm³/mol. The van der Waals surface area contributed by atoms with Gasteiger partial charge in [0.1, 0.15) is 11.5 Å². The van der Waals surface area contributed by atoms with Gasteiger partial charge in [-0.25, -0.2) is 5.01 Å². The molecule has 0 aliphatic heterocycles. The van der Waals surface area contributed by atoms with E-state index in [-0.39, 0.29) is 16.7 Å². The zero-order chi connectivity index (χ0) is 50.5. The van der Waals surface area contributed by atoms with Crippen LogP contribution in [0.15, 0.2) is 96.2 Å². The summed E-state index contributed by atoms with van der Waals surface area (Å²) in [6.07, 6.45) is 2.79. The second kappa shape index (κ2) is 27.4. The number of benzene rings is 4. The Bertz CT molecular complexity index is 2450. The first-order valence-corrected chi connectivity index (χ1v) is 22.1. The van der Waals surface area contributed by atoms with Crippen LogP contribution < -0.4 is 20.2 Å². The Kier molecular flexibility index (Phi) is 24.0. The first-order chi connectivity index (χ1) is 30.8. The Hall–Kier alpha value is -6.11. The van der Waals surface area contributed by atoms with Crippen molar-refractivity contribution in [1.29, 1.82) is 10.5 Å². The van der Waals surface area contributed by atoms with Crippen molar-refractivity contribution in [3.8, 4) is 23.6 Å². The molecule has 4 aromatic carbocycles. The van der Waals surface area contributed by atoms with E-state index >= 15 is 0 Å². The number of hydrogen-bond acceptors (Lipinski definition) is 8. The summed E-state index contributed by atoms with van der Waals surface area (Å²) in [4.78, 5) is 49.7.